The van der Waals surface area contributed by atoms with Crippen LogP contribution in [0.3, 0.4) is 0 Å². The maximum absolute atomic E-state index is 12.3. The molecule has 1 amide bonds. The molecule has 0 unspecified atom stereocenters. The van der Waals surface area contributed by atoms with Gasteiger partial charge in [0.05, 0.1) is 9.95 Å². The Hall–Kier alpha value is -4.07. The van der Waals surface area contributed by atoms with E-state index in [0.717, 1.165) is 17.1 Å². The Balaban J connectivity index is 1.18. The highest BCUT2D eigenvalue weighted by atomic mass is 35.5. The van der Waals surface area contributed by atoms with Crippen LogP contribution >= 0.6 is 23.2 Å². The molecule has 0 aliphatic carbocycles. The van der Waals surface area contributed by atoms with Crippen LogP contribution in [-0.2, 0) is 11.3 Å². The number of hydrogen-bond donors (Lipinski definition) is 2. The van der Waals surface area contributed by atoms with Crippen LogP contribution in [0.4, 0.5) is 17.3 Å². The minimum atomic E-state index is -0.604. The molecule has 39 heavy (non-hydrogen) atoms. The number of fused-ring (bicyclic) bond motifs is 1. The molecule has 2 aliphatic heterocycles. The zero-order valence-electron chi connectivity index (χ0n) is 20.4. The predicted octanol–water partition coefficient (Wildman–Crippen LogP) is 3.26. The van der Waals surface area contributed by atoms with E-state index in [1.807, 2.05) is 23.1 Å². The van der Waals surface area contributed by atoms with E-state index in [4.69, 9.17) is 37.4 Å². The number of hydrazine groups is 1. The van der Waals surface area contributed by atoms with Crippen molar-refractivity contribution >= 4 is 46.4 Å². The predicted molar refractivity (Wildman–Crippen MR) is 142 cm³/mol. The smallest absolute Gasteiger partial charge is 0.355 e. The molecule has 2 aromatic carbocycles. The van der Waals surface area contributed by atoms with E-state index in [1.54, 1.807) is 6.07 Å². The minimum Gasteiger partial charge on any atom is -0.482 e. The number of carbonyl (C=O) groups is 1. The van der Waals surface area contributed by atoms with Gasteiger partial charge in [-0.15, -0.1) is 0 Å². The number of aromatic nitrogens is 2. The summed E-state index contributed by atoms with van der Waals surface area (Å²) in [5.74, 6) is 1.15. The summed E-state index contributed by atoms with van der Waals surface area (Å²) in [5, 5.41) is 12.6. The molecule has 15 heteroatoms. The van der Waals surface area contributed by atoms with Gasteiger partial charge in [-0.3, -0.25) is 30.7 Å². The second-order valence-corrected chi connectivity index (χ2v) is 9.48. The molecule has 0 radical (unpaired) electrons. The largest absolute Gasteiger partial charge is 0.482 e. The SMILES string of the molecule is O=C(COc1ccc(Cl)cc1Cl)NNc1ncnc(N2CCN(Cc3ccc4c(c3)OCO4)CC2)c1[N+](=O)[O-]. The molecule has 13 nitrogen and oxygen atoms in total. The standard InChI is InChI=1S/C24H23Cl2N7O6/c25-16-2-4-18(17(26)10-16)37-12-21(34)29-30-23-22(33(35)36)24(28-13-27-23)32-7-5-31(6-8-32)11-15-1-3-19-20(9-15)39-14-38-19/h1-4,9-10,13H,5-8,11-12,14H2,(H,29,34)(H,27,28,30). The Morgan fingerprint density at radius 2 is 1.87 bits per heavy atom. The number of rotatable bonds is 9. The molecular weight excluding hydrogens is 553 g/mol. The molecule has 2 aliphatic rings. The summed E-state index contributed by atoms with van der Waals surface area (Å²) in [5.41, 5.74) is 5.61. The van der Waals surface area contributed by atoms with Crippen molar-refractivity contribution in [2.24, 2.45) is 0 Å². The molecular formula is C24H23Cl2N7O6. The van der Waals surface area contributed by atoms with Crippen molar-refractivity contribution in [2.75, 3.05) is 49.9 Å². The first-order chi connectivity index (χ1) is 18.9. The summed E-state index contributed by atoms with van der Waals surface area (Å²) in [6.45, 7) is 2.90. The van der Waals surface area contributed by atoms with E-state index in [-0.39, 0.29) is 34.9 Å². The quantitative estimate of drug-likeness (QED) is 0.286. The van der Waals surface area contributed by atoms with Gasteiger partial charge in [0.1, 0.15) is 12.1 Å². The normalized spacial score (nSPS) is 14.7. The second-order valence-electron chi connectivity index (χ2n) is 8.64. The van der Waals surface area contributed by atoms with Crippen molar-refractivity contribution in [3.63, 3.8) is 0 Å². The lowest BCUT2D eigenvalue weighted by atomic mass is 10.1. The number of anilines is 2. The fourth-order valence-electron chi connectivity index (χ4n) is 4.18. The summed E-state index contributed by atoms with van der Waals surface area (Å²) in [4.78, 5) is 35.9. The highest BCUT2D eigenvalue weighted by Gasteiger charge is 2.29. The number of nitro groups is 1. The monoisotopic (exact) mass is 575 g/mol. The van der Waals surface area contributed by atoms with Crippen molar-refractivity contribution in [3.8, 4) is 17.2 Å². The van der Waals surface area contributed by atoms with Gasteiger partial charge in [0, 0.05) is 37.7 Å². The molecule has 0 bridgehead atoms. The number of carbonyl (C=O) groups excluding carboxylic acids is 1. The summed E-state index contributed by atoms with van der Waals surface area (Å²) >= 11 is 11.9. The maximum atomic E-state index is 12.3. The second kappa shape index (κ2) is 11.8. The van der Waals surface area contributed by atoms with E-state index >= 15 is 0 Å². The van der Waals surface area contributed by atoms with Gasteiger partial charge in [-0.2, -0.15) is 0 Å². The van der Waals surface area contributed by atoms with Gasteiger partial charge in [0.25, 0.3) is 5.91 Å². The maximum Gasteiger partial charge on any atom is 0.355 e. The van der Waals surface area contributed by atoms with Gasteiger partial charge in [0.15, 0.2) is 18.1 Å². The van der Waals surface area contributed by atoms with Crippen LogP contribution in [0.1, 0.15) is 5.56 Å². The fourth-order valence-corrected chi connectivity index (χ4v) is 4.64. The van der Waals surface area contributed by atoms with E-state index in [9.17, 15) is 14.9 Å². The Labute approximate surface area is 232 Å². The Morgan fingerprint density at radius 3 is 2.64 bits per heavy atom. The highest BCUT2D eigenvalue weighted by Crippen LogP contribution is 2.34. The van der Waals surface area contributed by atoms with Crippen LogP contribution in [0.15, 0.2) is 42.7 Å². The van der Waals surface area contributed by atoms with E-state index < -0.39 is 17.4 Å². The molecule has 3 heterocycles. The molecule has 5 rings (SSSR count). The zero-order valence-corrected chi connectivity index (χ0v) is 21.9. The van der Waals surface area contributed by atoms with Crippen LogP contribution in [0.25, 0.3) is 0 Å². The van der Waals surface area contributed by atoms with Crippen molar-refractivity contribution in [1.29, 1.82) is 0 Å². The lowest BCUT2D eigenvalue weighted by molar-refractivity contribution is -0.383. The van der Waals surface area contributed by atoms with Crippen molar-refractivity contribution < 1.29 is 23.9 Å². The van der Waals surface area contributed by atoms with Crippen molar-refractivity contribution in [2.45, 2.75) is 6.54 Å². The number of benzene rings is 2. The van der Waals surface area contributed by atoms with Gasteiger partial charge in [-0.25, -0.2) is 9.97 Å². The van der Waals surface area contributed by atoms with Gasteiger partial charge < -0.3 is 19.1 Å². The number of ether oxygens (including phenoxy) is 3. The number of amides is 1. The summed E-state index contributed by atoms with van der Waals surface area (Å²) in [7, 11) is 0. The molecule has 0 saturated carbocycles. The fraction of sp³-hybridized carbons (Fsp3) is 0.292. The number of piperazine rings is 1. The summed E-state index contributed by atoms with van der Waals surface area (Å²) in [6, 6.07) is 10.4. The number of nitrogens with one attached hydrogen (secondary N) is 2. The van der Waals surface area contributed by atoms with Crippen LogP contribution in [0, 0.1) is 10.1 Å². The average molecular weight is 576 g/mol. The molecule has 1 aromatic heterocycles. The Kier molecular flexibility index (Phi) is 8.00. The lowest BCUT2D eigenvalue weighted by Gasteiger charge is -2.35. The molecule has 1 fully saturated rings. The molecule has 204 valence electrons. The van der Waals surface area contributed by atoms with Crippen LogP contribution < -0.4 is 30.0 Å². The van der Waals surface area contributed by atoms with Gasteiger partial charge in [-0.05, 0) is 35.9 Å². The third kappa shape index (κ3) is 6.33. The molecule has 3 aromatic rings. The Bertz CT molecular complexity index is 1390. The highest BCUT2D eigenvalue weighted by molar-refractivity contribution is 6.35. The number of nitrogens with zero attached hydrogens (tertiary/aromatic N) is 5. The zero-order chi connectivity index (χ0) is 27.4. The average Bonchev–Trinajstić information content (AvgIpc) is 3.39. The van der Waals surface area contributed by atoms with E-state index in [0.29, 0.717) is 37.7 Å². The van der Waals surface area contributed by atoms with E-state index in [2.05, 4.69) is 25.7 Å². The van der Waals surface area contributed by atoms with Gasteiger partial charge >= 0.3 is 5.69 Å². The molecule has 2 N–H and O–H groups in total. The van der Waals surface area contributed by atoms with E-state index in [1.165, 1.54) is 18.5 Å². The topological polar surface area (TPSA) is 144 Å². The minimum absolute atomic E-state index is 0.148. The van der Waals surface area contributed by atoms with Crippen molar-refractivity contribution in [1.82, 2.24) is 20.3 Å². The molecule has 0 spiro atoms. The van der Waals surface area contributed by atoms with Gasteiger partial charge in [0.2, 0.25) is 18.4 Å². The number of halogens is 2. The third-order valence-corrected chi connectivity index (χ3v) is 6.60. The van der Waals surface area contributed by atoms with Crippen LogP contribution in [0.2, 0.25) is 10.0 Å². The number of hydrogen-bond acceptors (Lipinski definition) is 11. The first kappa shape index (κ1) is 26.5. The van der Waals surface area contributed by atoms with Crippen molar-refractivity contribution in [3.05, 3.63) is 68.4 Å². The van der Waals surface area contributed by atoms with Crippen LogP contribution in [0.5, 0.6) is 17.2 Å². The first-order valence-corrected chi connectivity index (χ1v) is 12.6. The Morgan fingerprint density at radius 1 is 1.08 bits per heavy atom. The third-order valence-electron chi connectivity index (χ3n) is 6.07. The first-order valence-electron chi connectivity index (χ1n) is 11.9. The van der Waals surface area contributed by atoms with Gasteiger partial charge in [-0.1, -0.05) is 29.3 Å². The summed E-state index contributed by atoms with van der Waals surface area (Å²) < 4.78 is 16.2. The lowest BCUT2D eigenvalue weighted by Crippen LogP contribution is -2.46. The molecule has 1 saturated heterocycles. The molecule has 0 atom stereocenters. The van der Waals surface area contributed by atoms with Crippen LogP contribution in [-0.4, -0.2) is 65.3 Å². The summed E-state index contributed by atoms with van der Waals surface area (Å²) in [6.07, 6.45) is 1.21.